The van der Waals surface area contributed by atoms with Gasteiger partial charge in [-0.3, -0.25) is 14.3 Å². The van der Waals surface area contributed by atoms with E-state index in [1.807, 2.05) is 24.4 Å². The van der Waals surface area contributed by atoms with Crippen LogP contribution in [0, 0.1) is 11.8 Å². The lowest BCUT2D eigenvalue weighted by Crippen LogP contribution is -2.34. The van der Waals surface area contributed by atoms with Gasteiger partial charge in [0.1, 0.15) is 0 Å². The minimum absolute atomic E-state index is 0.103. The summed E-state index contributed by atoms with van der Waals surface area (Å²) in [4.78, 5) is 27.1. The van der Waals surface area contributed by atoms with Gasteiger partial charge in [-0.1, -0.05) is 42.5 Å². The van der Waals surface area contributed by atoms with Crippen molar-refractivity contribution < 1.29 is 14.3 Å². The molecule has 3 aliphatic rings. The van der Waals surface area contributed by atoms with Gasteiger partial charge in [0.05, 0.1) is 30.6 Å². The molecule has 0 N–H and O–H groups in total. The molecule has 0 aliphatic carbocycles. The molecule has 0 saturated carbocycles. The Balaban J connectivity index is 1.30. The number of ether oxygens (including phenoxy) is 1. The van der Waals surface area contributed by atoms with Crippen molar-refractivity contribution in [3.63, 3.8) is 0 Å². The van der Waals surface area contributed by atoms with Crippen molar-refractivity contribution >= 4 is 28.4 Å². The number of nitrogens with zero attached hydrogens (tertiary/aromatic N) is 3. The van der Waals surface area contributed by atoms with Gasteiger partial charge in [-0.25, -0.2) is 4.90 Å². The zero-order valence-electron chi connectivity index (χ0n) is 15.2. The Kier molecular flexibility index (Phi) is 3.29. The molecule has 0 spiro atoms. The third-order valence-electron chi connectivity index (χ3n) is 6.35. The fraction of sp³-hybridized carbons (Fsp3) is 0.318. The topological polar surface area (TPSA) is 64.4 Å². The first-order chi connectivity index (χ1) is 13.7. The number of fused-ring (bicyclic) bond motifs is 6. The third-order valence-corrected chi connectivity index (χ3v) is 6.35. The van der Waals surface area contributed by atoms with E-state index in [1.54, 1.807) is 10.7 Å². The van der Waals surface area contributed by atoms with Crippen LogP contribution in [0.15, 0.2) is 54.7 Å². The minimum Gasteiger partial charge on any atom is -0.373 e. The van der Waals surface area contributed by atoms with E-state index in [4.69, 9.17) is 4.74 Å². The minimum atomic E-state index is -0.325. The Morgan fingerprint density at radius 1 is 0.929 bits per heavy atom. The van der Waals surface area contributed by atoms with Crippen molar-refractivity contribution in [2.75, 3.05) is 4.90 Å². The van der Waals surface area contributed by atoms with Gasteiger partial charge in [-0.05, 0) is 29.2 Å². The van der Waals surface area contributed by atoms with E-state index in [9.17, 15) is 9.59 Å². The number of rotatable bonds is 3. The van der Waals surface area contributed by atoms with E-state index in [0.717, 1.165) is 18.4 Å². The Morgan fingerprint density at radius 3 is 2.43 bits per heavy atom. The monoisotopic (exact) mass is 373 g/mol. The standard InChI is InChI=1S/C22H19N3O3/c26-21-19-16-8-9-17(28-16)20(19)22(27)25(21)18-10-11-24(23-18)12-14-6-3-5-13-4-1-2-7-15(13)14/h1-7,10-11,16-17,19-20H,8-9,12H2/t16-,17-,19-,20+/m0/s1. The van der Waals surface area contributed by atoms with Gasteiger partial charge in [0.2, 0.25) is 11.8 Å². The molecule has 4 atom stereocenters. The zero-order valence-corrected chi connectivity index (χ0v) is 15.2. The molecule has 4 heterocycles. The van der Waals surface area contributed by atoms with Crippen LogP contribution in [-0.2, 0) is 20.9 Å². The predicted molar refractivity (Wildman–Crippen MR) is 103 cm³/mol. The Bertz CT molecular complexity index is 1090. The summed E-state index contributed by atoms with van der Waals surface area (Å²) in [6.07, 6.45) is 3.36. The van der Waals surface area contributed by atoms with Crippen molar-refractivity contribution in [1.29, 1.82) is 0 Å². The predicted octanol–water partition coefficient (Wildman–Crippen LogP) is 2.75. The van der Waals surface area contributed by atoms with Crippen LogP contribution in [0.1, 0.15) is 18.4 Å². The first-order valence-electron chi connectivity index (χ1n) is 9.74. The molecule has 0 unspecified atom stereocenters. The summed E-state index contributed by atoms with van der Waals surface area (Å²) >= 11 is 0. The van der Waals surface area contributed by atoms with Crippen molar-refractivity contribution in [2.24, 2.45) is 11.8 Å². The second-order valence-corrected chi connectivity index (χ2v) is 7.86. The molecule has 6 heteroatoms. The molecule has 2 bridgehead atoms. The molecule has 3 fully saturated rings. The lowest BCUT2D eigenvalue weighted by molar-refractivity contribution is -0.124. The number of carbonyl (C=O) groups is 2. The average Bonchev–Trinajstić information content (AvgIpc) is 3.47. The summed E-state index contributed by atoms with van der Waals surface area (Å²) < 4.78 is 7.58. The Labute approximate surface area is 161 Å². The van der Waals surface area contributed by atoms with Gasteiger partial charge in [-0.2, -0.15) is 5.10 Å². The van der Waals surface area contributed by atoms with Crippen LogP contribution >= 0.6 is 0 Å². The highest BCUT2D eigenvalue weighted by Crippen LogP contribution is 2.49. The normalized spacial score (nSPS) is 28.5. The molecule has 2 amide bonds. The summed E-state index contributed by atoms with van der Waals surface area (Å²) in [5.41, 5.74) is 1.15. The highest BCUT2D eigenvalue weighted by Gasteiger charge is 2.63. The number of aromatic nitrogens is 2. The van der Waals surface area contributed by atoms with Crippen LogP contribution in [0.5, 0.6) is 0 Å². The molecular weight excluding hydrogens is 354 g/mol. The lowest BCUT2D eigenvalue weighted by atomic mass is 9.81. The van der Waals surface area contributed by atoms with Gasteiger partial charge in [0, 0.05) is 12.3 Å². The van der Waals surface area contributed by atoms with Gasteiger partial charge >= 0.3 is 0 Å². The zero-order chi connectivity index (χ0) is 18.8. The first-order valence-corrected chi connectivity index (χ1v) is 9.74. The largest absolute Gasteiger partial charge is 0.373 e. The van der Waals surface area contributed by atoms with Crippen LogP contribution in [0.3, 0.4) is 0 Å². The van der Waals surface area contributed by atoms with E-state index in [1.165, 1.54) is 15.7 Å². The molecule has 0 radical (unpaired) electrons. The van der Waals surface area contributed by atoms with E-state index >= 15 is 0 Å². The highest BCUT2D eigenvalue weighted by atomic mass is 16.5. The SMILES string of the molecule is O=C1[C@@H]2[C@H](C(=O)N1c1ccn(Cc3cccc4ccccc34)n1)[C@@H]1CC[C@@H]2O1. The quantitative estimate of drug-likeness (QED) is 0.662. The van der Waals surface area contributed by atoms with Crippen LogP contribution < -0.4 is 4.90 Å². The molecule has 2 aromatic carbocycles. The average molecular weight is 373 g/mol. The third kappa shape index (κ3) is 2.15. The number of benzene rings is 2. The van der Waals surface area contributed by atoms with E-state index < -0.39 is 0 Å². The maximum Gasteiger partial charge on any atom is 0.241 e. The van der Waals surface area contributed by atoms with Gasteiger partial charge < -0.3 is 4.74 Å². The lowest BCUT2D eigenvalue weighted by Gasteiger charge is -2.15. The van der Waals surface area contributed by atoms with Crippen LogP contribution in [0.4, 0.5) is 5.82 Å². The van der Waals surface area contributed by atoms with E-state index in [-0.39, 0.29) is 35.9 Å². The number of hydrogen-bond acceptors (Lipinski definition) is 4. The second-order valence-electron chi connectivity index (χ2n) is 7.86. The molecule has 1 aromatic heterocycles. The van der Waals surface area contributed by atoms with Crippen molar-refractivity contribution in [3.8, 4) is 0 Å². The maximum atomic E-state index is 12.9. The maximum absolute atomic E-state index is 12.9. The van der Waals surface area contributed by atoms with Crippen molar-refractivity contribution in [3.05, 3.63) is 60.3 Å². The first kappa shape index (κ1) is 16.0. The van der Waals surface area contributed by atoms with E-state index in [2.05, 4.69) is 29.4 Å². The van der Waals surface area contributed by atoms with Crippen LogP contribution in [0.2, 0.25) is 0 Å². The Morgan fingerprint density at radius 2 is 1.64 bits per heavy atom. The molecule has 28 heavy (non-hydrogen) atoms. The smallest absolute Gasteiger partial charge is 0.241 e. The molecule has 3 aliphatic heterocycles. The van der Waals surface area contributed by atoms with Crippen molar-refractivity contribution in [1.82, 2.24) is 9.78 Å². The van der Waals surface area contributed by atoms with Crippen LogP contribution in [-0.4, -0.2) is 33.8 Å². The molecule has 140 valence electrons. The van der Waals surface area contributed by atoms with Gasteiger partial charge in [-0.15, -0.1) is 0 Å². The number of amides is 2. The summed E-state index contributed by atoms with van der Waals surface area (Å²) in [5, 5.41) is 6.91. The summed E-state index contributed by atoms with van der Waals surface area (Å²) in [5.74, 6) is -0.539. The summed E-state index contributed by atoms with van der Waals surface area (Å²) in [6.45, 7) is 0.582. The molecule has 6 rings (SSSR count). The number of hydrogen-bond donors (Lipinski definition) is 0. The second kappa shape index (κ2) is 5.75. The van der Waals surface area contributed by atoms with Gasteiger partial charge in [0.15, 0.2) is 5.82 Å². The summed E-state index contributed by atoms with van der Waals surface area (Å²) in [6, 6.07) is 16.2. The molecule has 6 nitrogen and oxygen atoms in total. The van der Waals surface area contributed by atoms with Crippen LogP contribution in [0.25, 0.3) is 10.8 Å². The Hall–Kier alpha value is -2.99. The van der Waals surface area contributed by atoms with Crippen molar-refractivity contribution in [2.45, 2.75) is 31.6 Å². The molecular formula is C22H19N3O3. The number of imide groups is 1. The fourth-order valence-electron chi connectivity index (χ4n) is 5.10. The summed E-state index contributed by atoms with van der Waals surface area (Å²) in [7, 11) is 0. The number of anilines is 1. The fourth-order valence-corrected chi connectivity index (χ4v) is 5.10. The molecule has 3 aromatic rings. The highest BCUT2D eigenvalue weighted by molar-refractivity contribution is 6.22. The van der Waals surface area contributed by atoms with Gasteiger partial charge in [0.25, 0.3) is 0 Å². The molecule has 3 saturated heterocycles. The number of carbonyl (C=O) groups excluding carboxylic acids is 2. The van der Waals surface area contributed by atoms with E-state index in [0.29, 0.717) is 12.4 Å².